The van der Waals surface area contributed by atoms with Gasteiger partial charge in [0.2, 0.25) is 0 Å². The average molecular weight is 346 g/mol. The van der Waals surface area contributed by atoms with Crippen molar-refractivity contribution in [2.75, 3.05) is 33.3 Å². The highest BCUT2D eigenvalue weighted by atomic mass is 16.5. The number of amides is 1. The van der Waals surface area contributed by atoms with Gasteiger partial charge >= 0.3 is 0 Å². The molecule has 0 saturated carbocycles. The first-order valence-corrected chi connectivity index (χ1v) is 9.12. The maximum atomic E-state index is 11.9. The number of aliphatic imine (C=N–C) groups is 1. The standard InChI is InChI=1S/C19H30N4O2/c1-4-21-18(24)16-8-6-7-15(13-16)14-22-19(20-3)23-11-9-17(10-12-23)25-5-2/h6-8,13,17H,4-5,9-12,14H2,1-3H3,(H,20,22)(H,21,24). The van der Waals surface area contributed by atoms with Crippen LogP contribution in [0.1, 0.15) is 42.6 Å². The zero-order valence-corrected chi connectivity index (χ0v) is 15.5. The molecule has 2 rings (SSSR count). The molecule has 1 fully saturated rings. The molecule has 0 aromatic heterocycles. The van der Waals surface area contributed by atoms with Crippen LogP contribution >= 0.6 is 0 Å². The molecule has 25 heavy (non-hydrogen) atoms. The molecule has 0 radical (unpaired) electrons. The van der Waals surface area contributed by atoms with E-state index in [2.05, 4.69) is 20.5 Å². The largest absolute Gasteiger partial charge is 0.378 e. The highest BCUT2D eigenvalue weighted by Crippen LogP contribution is 2.14. The predicted octanol–water partition coefficient (Wildman–Crippen LogP) is 2.01. The Morgan fingerprint density at radius 2 is 2.04 bits per heavy atom. The summed E-state index contributed by atoms with van der Waals surface area (Å²) in [7, 11) is 1.81. The molecule has 1 aliphatic rings. The zero-order chi connectivity index (χ0) is 18.1. The van der Waals surface area contributed by atoms with Gasteiger partial charge in [-0.25, -0.2) is 0 Å². The van der Waals surface area contributed by atoms with Gasteiger partial charge in [0.15, 0.2) is 5.96 Å². The number of carbonyl (C=O) groups excluding carboxylic acids is 1. The Kier molecular flexibility index (Phi) is 7.73. The lowest BCUT2D eigenvalue weighted by atomic mass is 10.1. The summed E-state index contributed by atoms with van der Waals surface area (Å²) in [5.41, 5.74) is 1.75. The second-order valence-corrected chi connectivity index (χ2v) is 6.10. The van der Waals surface area contributed by atoms with Crippen LogP contribution in [0.3, 0.4) is 0 Å². The Balaban J connectivity index is 1.89. The fourth-order valence-electron chi connectivity index (χ4n) is 3.07. The molecule has 6 nitrogen and oxygen atoms in total. The zero-order valence-electron chi connectivity index (χ0n) is 15.5. The van der Waals surface area contributed by atoms with Crippen molar-refractivity contribution < 1.29 is 9.53 Å². The first-order valence-electron chi connectivity index (χ1n) is 9.12. The van der Waals surface area contributed by atoms with E-state index in [9.17, 15) is 4.79 Å². The van der Waals surface area contributed by atoms with Crippen LogP contribution in [0.15, 0.2) is 29.3 Å². The molecule has 1 amide bonds. The van der Waals surface area contributed by atoms with Crippen LogP contribution in [0.4, 0.5) is 0 Å². The van der Waals surface area contributed by atoms with E-state index in [0.29, 0.717) is 24.8 Å². The highest BCUT2D eigenvalue weighted by molar-refractivity contribution is 5.94. The van der Waals surface area contributed by atoms with Crippen LogP contribution < -0.4 is 10.6 Å². The number of rotatable bonds is 6. The number of benzene rings is 1. The molecular formula is C19H30N4O2. The summed E-state index contributed by atoms with van der Waals surface area (Å²) in [5, 5.41) is 6.23. The average Bonchev–Trinajstić information content (AvgIpc) is 2.64. The van der Waals surface area contributed by atoms with E-state index in [1.165, 1.54) is 0 Å². The van der Waals surface area contributed by atoms with E-state index in [0.717, 1.165) is 44.1 Å². The second-order valence-electron chi connectivity index (χ2n) is 6.10. The van der Waals surface area contributed by atoms with Gasteiger partial charge in [-0.1, -0.05) is 12.1 Å². The second kappa shape index (κ2) is 10.0. The summed E-state index contributed by atoms with van der Waals surface area (Å²) in [6.07, 6.45) is 2.43. The molecule has 0 aliphatic carbocycles. The third-order valence-electron chi connectivity index (χ3n) is 4.33. The number of nitrogens with zero attached hydrogens (tertiary/aromatic N) is 2. The summed E-state index contributed by atoms with van der Waals surface area (Å²) >= 11 is 0. The number of piperidine rings is 1. The number of nitrogens with one attached hydrogen (secondary N) is 2. The van der Waals surface area contributed by atoms with Crippen molar-refractivity contribution in [3.05, 3.63) is 35.4 Å². The van der Waals surface area contributed by atoms with Crippen molar-refractivity contribution in [1.82, 2.24) is 15.5 Å². The minimum Gasteiger partial charge on any atom is -0.378 e. The van der Waals surface area contributed by atoms with Crippen LogP contribution in [0, 0.1) is 0 Å². The first-order chi connectivity index (χ1) is 12.2. The molecular weight excluding hydrogens is 316 g/mol. The van der Waals surface area contributed by atoms with E-state index in [4.69, 9.17) is 4.74 Å². The Labute approximate surface area is 150 Å². The Bertz CT molecular complexity index is 581. The maximum absolute atomic E-state index is 11.9. The Morgan fingerprint density at radius 3 is 2.68 bits per heavy atom. The lowest BCUT2D eigenvalue weighted by Gasteiger charge is -2.34. The summed E-state index contributed by atoms with van der Waals surface area (Å²) in [5.74, 6) is 0.866. The number of carbonyl (C=O) groups is 1. The van der Waals surface area contributed by atoms with E-state index >= 15 is 0 Å². The summed E-state index contributed by atoms with van der Waals surface area (Å²) in [4.78, 5) is 18.6. The van der Waals surface area contributed by atoms with Crippen molar-refractivity contribution in [2.45, 2.75) is 39.3 Å². The third-order valence-corrected chi connectivity index (χ3v) is 4.33. The molecule has 0 unspecified atom stereocenters. The van der Waals surface area contributed by atoms with Gasteiger partial charge in [0.25, 0.3) is 5.91 Å². The van der Waals surface area contributed by atoms with Crippen molar-refractivity contribution >= 4 is 11.9 Å². The topological polar surface area (TPSA) is 66.0 Å². The number of guanidine groups is 1. The molecule has 1 aromatic rings. The molecule has 6 heteroatoms. The predicted molar refractivity (Wildman–Crippen MR) is 101 cm³/mol. The van der Waals surface area contributed by atoms with Gasteiger partial charge in [0, 0.05) is 45.4 Å². The summed E-state index contributed by atoms with van der Waals surface area (Å²) in [6.45, 7) is 7.91. The van der Waals surface area contributed by atoms with Crippen molar-refractivity contribution in [2.24, 2.45) is 4.99 Å². The van der Waals surface area contributed by atoms with Crippen LogP contribution in [0.2, 0.25) is 0 Å². The third kappa shape index (κ3) is 5.74. The highest BCUT2D eigenvalue weighted by Gasteiger charge is 2.21. The fourth-order valence-corrected chi connectivity index (χ4v) is 3.07. The van der Waals surface area contributed by atoms with Gasteiger partial charge in [-0.05, 0) is 44.4 Å². The first kappa shape index (κ1) is 19.2. The fraction of sp³-hybridized carbons (Fsp3) is 0.579. The molecule has 1 aromatic carbocycles. The summed E-state index contributed by atoms with van der Waals surface area (Å²) in [6, 6.07) is 7.69. The SMILES string of the molecule is CCNC(=O)c1cccc(CNC(=NC)N2CCC(OCC)CC2)c1. The number of hydrogen-bond donors (Lipinski definition) is 2. The van der Waals surface area contributed by atoms with Crippen molar-refractivity contribution in [1.29, 1.82) is 0 Å². The van der Waals surface area contributed by atoms with Gasteiger partial charge in [0.05, 0.1) is 6.10 Å². The van der Waals surface area contributed by atoms with Crippen LogP contribution in [0.25, 0.3) is 0 Å². The van der Waals surface area contributed by atoms with Gasteiger partial charge in [-0.3, -0.25) is 9.79 Å². The van der Waals surface area contributed by atoms with Gasteiger partial charge in [-0.15, -0.1) is 0 Å². The molecule has 0 atom stereocenters. The lowest BCUT2D eigenvalue weighted by molar-refractivity contribution is 0.0263. The summed E-state index contributed by atoms with van der Waals surface area (Å²) < 4.78 is 5.70. The quantitative estimate of drug-likeness (QED) is 0.611. The molecule has 1 heterocycles. The molecule has 1 saturated heterocycles. The monoisotopic (exact) mass is 346 g/mol. The van der Waals surface area contributed by atoms with E-state index < -0.39 is 0 Å². The minimum absolute atomic E-state index is 0.0354. The number of likely N-dealkylation sites (tertiary alicyclic amines) is 1. The van der Waals surface area contributed by atoms with E-state index in [1.54, 1.807) is 0 Å². The maximum Gasteiger partial charge on any atom is 0.251 e. The molecule has 0 bridgehead atoms. The van der Waals surface area contributed by atoms with Crippen LogP contribution in [-0.4, -0.2) is 56.2 Å². The molecule has 0 spiro atoms. The molecule has 1 aliphatic heterocycles. The van der Waals surface area contributed by atoms with Crippen molar-refractivity contribution in [3.8, 4) is 0 Å². The minimum atomic E-state index is -0.0354. The van der Waals surface area contributed by atoms with E-state index in [-0.39, 0.29) is 5.91 Å². The van der Waals surface area contributed by atoms with Gasteiger partial charge < -0.3 is 20.3 Å². The van der Waals surface area contributed by atoms with Gasteiger partial charge in [-0.2, -0.15) is 0 Å². The van der Waals surface area contributed by atoms with Gasteiger partial charge in [0.1, 0.15) is 0 Å². The molecule has 138 valence electrons. The van der Waals surface area contributed by atoms with Crippen molar-refractivity contribution in [3.63, 3.8) is 0 Å². The molecule has 2 N–H and O–H groups in total. The Morgan fingerprint density at radius 1 is 1.28 bits per heavy atom. The number of hydrogen-bond acceptors (Lipinski definition) is 3. The Hall–Kier alpha value is -2.08. The van der Waals surface area contributed by atoms with E-state index in [1.807, 2.05) is 45.2 Å². The smallest absolute Gasteiger partial charge is 0.251 e. The normalized spacial score (nSPS) is 16.0. The number of ether oxygens (including phenoxy) is 1. The van der Waals surface area contributed by atoms with Crippen LogP contribution in [0.5, 0.6) is 0 Å². The van der Waals surface area contributed by atoms with Crippen LogP contribution in [-0.2, 0) is 11.3 Å². The lowest BCUT2D eigenvalue weighted by Crippen LogP contribution is -2.46.